The molecule has 102 valence electrons. The van der Waals surface area contributed by atoms with Gasteiger partial charge in [0.05, 0.1) is 28.3 Å². The summed E-state index contributed by atoms with van der Waals surface area (Å²) in [5, 5.41) is 0. The highest BCUT2D eigenvalue weighted by Gasteiger charge is 2.18. The molecule has 0 saturated carbocycles. The third-order valence-electron chi connectivity index (χ3n) is 2.59. The molecule has 0 bridgehead atoms. The number of furan rings is 1. The lowest BCUT2D eigenvalue weighted by atomic mass is 10.3. The van der Waals surface area contributed by atoms with Crippen molar-refractivity contribution in [2.75, 3.05) is 20.3 Å². The minimum absolute atomic E-state index is 0.0462. The second-order valence-corrected chi connectivity index (χ2v) is 5.67. The Hall–Kier alpha value is -1.30. The monoisotopic (exact) mass is 299 g/mol. The van der Waals surface area contributed by atoms with E-state index in [0.29, 0.717) is 28.9 Å². The van der Waals surface area contributed by atoms with E-state index in [-0.39, 0.29) is 5.91 Å². The van der Waals surface area contributed by atoms with Crippen LogP contribution in [-0.4, -0.2) is 31.1 Å². The summed E-state index contributed by atoms with van der Waals surface area (Å²) >= 11 is 7.14. The van der Waals surface area contributed by atoms with Crippen LogP contribution in [0, 0.1) is 0 Å². The van der Waals surface area contributed by atoms with Crippen LogP contribution in [0.2, 0.25) is 4.34 Å². The van der Waals surface area contributed by atoms with E-state index in [2.05, 4.69) is 0 Å². The first kappa shape index (κ1) is 14.1. The molecule has 4 nitrogen and oxygen atoms in total. The Labute approximate surface area is 120 Å². The summed E-state index contributed by atoms with van der Waals surface area (Å²) in [7, 11) is 1.61. The molecule has 2 rings (SSSR count). The molecule has 0 fully saturated rings. The lowest BCUT2D eigenvalue weighted by Gasteiger charge is -2.21. The highest BCUT2D eigenvalue weighted by Crippen LogP contribution is 2.23. The number of ether oxygens (including phenoxy) is 1. The van der Waals surface area contributed by atoms with Crippen LogP contribution < -0.4 is 0 Å². The van der Waals surface area contributed by atoms with E-state index in [0.717, 1.165) is 5.56 Å². The molecule has 1 amide bonds. The van der Waals surface area contributed by atoms with Crippen LogP contribution in [0.25, 0.3) is 0 Å². The molecule has 6 heteroatoms. The lowest BCUT2D eigenvalue weighted by molar-refractivity contribution is 0.0685. The van der Waals surface area contributed by atoms with Gasteiger partial charge in [-0.15, -0.1) is 11.3 Å². The van der Waals surface area contributed by atoms with Gasteiger partial charge in [-0.3, -0.25) is 4.79 Å². The summed E-state index contributed by atoms with van der Waals surface area (Å²) in [4.78, 5) is 14.7. The number of hydrogen-bond donors (Lipinski definition) is 0. The van der Waals surface area contributed by atoms with Gasteiger partial charge in [0.15, 0.2) is 0 Å². The minimum atomic E-state index is -0.0462. The van der Waals surface area contributed by atoms with Crippen LogP contribution in [0.15, 0.2) is 35.1 Å². The molecule has 0 aliphatic carbocycles. The number of thiophene rings is 1. The standard InChI is InChI=1S/C13H14ClNO3S/c1-17-7-5-15(8-10-4-6-18-9-10)13(16)11-2-3-12(14)19-11/h2-4,6,9H,5,7-8H2,1H3. The van der Waals surface area contributed by atoms with E-state index in [1.54, 1.807) is 36.7 Å². The molecule has 0 spiro atoms. The minimum Gasteiger partial charge on any atom is -0.472 e. The van der Waals surface area contributed by atoms with Crippen molar-refractivity contribution in [2.24, 2.45) is 0 Å². The van der Waals surface area contributed by atoms with E-state index < -0.39 is 0 Å². The Kier molecular flexibility index (Phi) is 5.01. The SMILES string of the molecule is COCCN(Cc1ccoc1)C(=O)c1ccc(Cl)s1. The predicted octanol–water partition coefficient (Wildman–Crippen LogP) is 3.28. The first-order valence-corrected chi connectivity index (χ1v) is 6.95. The van der Waals surface area contributed by atoms with E-state index >= 15 is 0 Å². The zero-order valence-electron chi connectivity index (χ0n) is 10.5. The molecule has 0 saturated heterocycles. The van der Waals surface area contributed by atoms with Gasteiger partial charge in [-0.25, -0.2) is 0 Å². The van der Waals surface area contributed by atoms with Gasteiger partial charge in [0.25, 0.3) is 5.91 Å². The van der Waals surface area contributed by atoms with Crippen molar-refractivity contribution in [1.29, 1.82) is 0 Å². The number of rotatable bonds is 6. The summed E-state index contributed by atoms with van der Waals surface area (Å²) < 4.78 is 10.7. The maximum absolute atomic E-state index is 12.4. The van der Waals surface area contributed by atoms with Gasteiger partial charge in [0.2, 0.25) is 0 Å². The summed E-state index contributed by atoms with van der Waals surface area (Å²) in [6.07, 6.45) is 3.23. The highest BCUT2D eigenvalue weighted by molar-refractivity contribution is 7.17. The third-order valence-corrected chi connectivity index (χ3v) is 3.81. The Morgan fingerprint density at radius 2 is 2.32 bits per heavy atom. The first-order valence-electron chi connectivity index (χ1n) is 5.75. The fourth-order valence-electron chi connectivity index (χ4n) is 1.64. The Morgan fingerprint density at radius 1 is 1.47 bits per heavy atom. The molecule has 0 aromatic carbocycles. The van der Waals surface area contributed by atoms with Crippen molar-refractivity contribution in [3.05, 3.63) is 45.5 Å². The normalized spacial score (nSPS) is 10.6. The maximum Gasteiger partial charge on any atom is 0.264 e. The Bertz CT molecular complexity index is 524. The van der Waals surface area contributed by atoms with Gasteiger partial charge in [-0.1, -0.05) is 11.6 Å². The molecular weight excluding hydrogens is 286 g/mol. The van der Waals surface area contributed by atoms with Crippen molar-refractivity contribution >= 4 is 28.8 Å². The second-order valence-electron chi connectivity index (χ2n) is 3.95. The predicted molar refractivity (Wildman–Crippen MR) is 74.7 cm³/mol. The van der Waals surface area contributed by atoms with Crippen molar-refractivity contribution in [2.45, 2.75) is 6.54 Å². The smallest absolute Gasteiger partial charge is 0.264 e. The quantitative estimate of drug-likeness (QED) is 0.822. The van der Waals surface area contributed by atoms with Gasteiger partial charge in [0.1, 0.15) is 0 Å². The molecule has 0 atom stereocenters. The molecule has 2 aromatic heterocycles. The number of methoxy groups -OCH3 is 1. The fourth-order valence-corrected chi connectivity index (χ4v) is 2.65. The summed E-state index contributed by atoms with van der Waals surface area (Å²) in [5.74, 6) is -0.0462. The number of carbonyl (C=O) groups is 1. The van der Waals surface area contributed by atoms with Crippen LogP contribution in [0.5, 0.6) is 0 Å². The number of nitrogens with zero attached hydrogens (tertiary/aromatic N) is 1. The topological polar surface area (TPSA) is 42.7 Å². The van der Waals surface area contributed by atoms with Crippen molar-refractivity contribution < 1.29 is 13.9 Å². The Balaban J connectivity index is 2.10. The number of hydrogen-bond acceptors (Lipinski definition) is 4. The van der Waals surface area contributed by atoms with E-state index in [4.69, 9.17) is 20.8 Å². The highest BCUT2D eigenvalue weighted by atomic mass is 35.5. The van der Waals surface area contributed by atoms with Gasteiger partial charge < -0.3 is 14.1 Å². The van der Waals surface area contributed by atoms with E-state index in [1.807, 2.05) is 6.07 Å². The van der Waals surface area contributed by atoms with Crippen molar-refractivity contribution in [3.8, 4) is 0 Å². The van der Waals surface area contributed by atoms with Crippen LogP contribution in [0.1, 0.15) is 15.2 Å². The van der Waals surface area contributed by atoms with Crippen LogP contribution in [0.3, 0.4) is 0 Å². The average Bonchev–Trinajstić information content (AvgIpc) is 3.05. The zero-order chi connectivity index (χ0) is 13.7. The molecule has 0 aliphatic rings. The number of halogens is 1. The van der Waals surface area contributed by atoms with Crippen LogP contribution >= 0.6 is 22.9 Å². The lowest BCUT2D eigenvalue weighted by Crippen LogP contribution is -2.32. The van der Waals surface area contributed by atoms with Gasteiger partial charge in [0, 0.05) is 25.8 Å². The van der Waals surface area contributed by atoms with E-state index in [9.17, 15) is 4.79 Å². The van der Waals surface area contributed by atoms with Gasteiger partial charge in [-0.05, 0) is 18.2 Å². The average molecular weight is 300 g/mol. The molecule has 2 heterocycles. The molecule has 0 aliphatic heterocycles. The second kappa shape index (κ2) is 6.75. The van der Waals surface area contributed by atoms with Crippen LogP contribution in [0.4, 0.5) is 0 Å². The van der Waals surface area contributed by atoms with Crippen molar-refractivity contribution in [3.63, 3.8) is 0 Å². The molecule has 19 heavy (non-hydrogen) atoms. The summed E-state index contributed by atoms with van der Waals surface area (Å²) in [6.45, 7) is 1.51. The number of carbonyl (C=O) groups excluding carboxylic acids is 1. The van der Waals surface area contributed by atoms with Gasteiger partial charge >= 0.3 is 0 Å². The Morgan fingerprint density at radius 3 is 2.89 bits per heavy atom. The van der Waals surface area contributed by atoms with E-state index in [1.165, 1.54) is 11.3 Å². The molecule has 0 N–H and O–H groups in total. The largest absolute Gasteiger partial charge is 0.472 e. The van der Waals surface area contributed by atoms with Crippen molar-refractivity contribution in [1.82, 2.24) is 4.90 Å². The number of amides is 1. The summed E-state index contributed by atoms with van der Waals surface area (Å²) in [6, 6.07) is 5.31. The zero-order valence-corrected chi connectivity index (χ0v) is 12.0. The van der Waals surface area contributed by atoms with Crippen LogP contribution in [-0.2, 0) is 11.3 Å². The fraction of sp³-hybridized carbons (Fsp3) is 0.308. The third kappa shape index (κ3) is 3.83. The maximum atomic E-state index is 12.4. The summed E-state index contributed by atoms with van der Waals surface area (Å²) in [5.41, 5.74) is 0.951. The molecule has 0 radical (unpaired) electrons. The molecule has 2 aromatic rings. The van der Waals surface area contributed by atoms with Gasteiger partial charge in [-0.2, -0.15) is 0 Å². The molecular formula is C13H14ClNO3S. The molecule has 0 unspecified atom stereocenters. The first-order chi connectivity index (χ1) is 9.20.